The lowest BCUT2D eigenvalue weighted by molar-refractivity contribution is -0.0330. The number of hydrogen-bond donors (Lipinski definition) is 0. The number of likely N-dealkylation sites (tertiary alicyclic amines) is 1. The van der Waals surface area contributed by atoms with Crippen molar-refractivity contribution in [3.8, 4) is 11.5 Å². The molecular weight excluding hydrogens is 386 g/mol. The average Bonchev–Trinajstić information content (AvgIpc) is 3.35. The second-order valence-electron chi connectivity index (χ2n) is 6.97. The summed E-state index contributed by atoms with van der Waals surface area (Å²) in [6.45, 7) is -2.89. The van der Waals surface area contributed by atoms with E-state index in [1.54, 1.807) is 4.90 Å². The zero-order valence-electron chi connectivity index (χ0n) is 33.4. The van der Waals surface area contributed by atoms with Crippen LogP contribution in [0, 0.1) is 0 Å². The normalized spacial score (nSPS) is 28.3. The van der Waals surface area contributed by atoms with Gasteiger partial charge in [0.2, 0.25) is 6.75 Å². The van der Waals surface area contributed by atoms with Crippen molar-refractivity contribution >= 4 is 0 Å². The zero-order valence-corrected chi connectivity index (χ0v) is 16.4. The van der Waals surface area contributed by atoms with Crippen LogP contribution in [0.1, 0.15) is 58.9 Å². The zero-order chi connectivity index (χ0) is 35.8. The minimum absolute atomic E-state index is 0.0468. The molecule has 2 aliphatic heterocycles. The highest BCUT2D eigenvalue weighted by Gasteiger charge is 2.25. The minimum Gasteiger partial charge on any atom is -0.454 e. The van der Waals surface area contributed by atoms with Crippen LogP contribution in [0.25, 0.3) is 0 Å². The summed E-state index contributed by atoms with van der Waals surface area (Å²) in [5.41, 5.74) is -1.40. The molecule has 5 rings (SSSR count). The van der Waals surface area contributed by atoms with Crippen molar-refractivity contribution in [3.63, 3.8) is 0 Å². The largest absolute Gasteiger partial charge is 0.454 e. The lowest BCUT2D eigenvalue weighted by Crippen LogP contribution is -2.41. The maximum atomic E-state index is 8.82. The second-order valence-corrected chi connectivity index (χ2v) is 6.97. The van der Waals surface area contributed by atoms with Crippen LogP contribution in [0.3, 0.4) is 0 Å². The Morgan fingerprint density at radius 1 is 1.00 bits per heavy atom. The molecule has 1 saturated heterocycles. The van der Waals surface area contributed by atoms with E-state index in [-0.39, 0.29) is 6.54 Å². The quantitative estimate of drug-likeness (QED) is 0.512. The van der Waals surface area contributed by atoms with Gasteiger partial charge in [0.25, 0.3) is 0 Å². The molecule has 2 heterocycles. The van der Waals surface area contributed by atoms with Crippen molar-refractivity contribution in [2.24, 2.45) is 0 Å². The van der Waals surface area contributed by atoms with Gasteiger partial charge in [-0.25, -0.2) is 0 Å². The summed E-state index contributed by atoms with van der Waals surface area (Å²) < 4.78 is 157. The van der Waals surface area contributed by atoms with Crippen molar-refractivity contribution in [2.45, 2.75) is 31.4 Å². The number of benzene rings is 3. The van der Waals surface area contributed by atoms with E-state index in [4.69, 9.17) is 37.5 Å². The van der Waals surface area contributed by atoms with E-state index in [2.05, 4.69) is 0 Å². The molecule has 160 valence electrons. The molecule has 2 aliphatic rings. The van der Waals surface area contributed by atoms with Crippen LogP contribution < -0.4 is 9.47 Å². The Morgan fingerprint density at radius 3 is 2.45 bits per heavy atom. The Bertz CT molecular complexity index is 1690. The van der Waals surface area contributed by atoms with E-state index in [0.717, 1.165) is 0 Å². The van der Waals surface area contributed by atoms with E-state index < -0.39 is 139 Å². The number of ether oxygens (including phenoxy) is 3. The molecule has 0 spiro atoms. The molecule has 0 unspecified atom stereocenters. The SMILES string of the molecule is [2H]c1c([2H])c([2H])c(C(O[C@@H]2CCCN(CC([2H])([2H])c3c([2H])c([2H])c4c(c3[2H])OC([2H])([2H])O4)C2)c2c([2H])c([2H])c([2H])c([2H])c2[2H])c([2H])c1[2H]. The summed E-state index contributed by atoms with van der Waals surface area (Å²) >= 11 is 0. The summed E-state index contributed by atoms with van der Waals surface area (Å²) in [6, 6.07) is -8.99. The van der Waals surface area contributed by atoms with Gasteiger partial charge in [0, 0.05) is 15.8 Å². The van der Waals surface area contributed by atoms with E-state index in [1.165, 1.54) is 0 Å². The number of rotatable bonds is 7. The fraction of sp³-hybridized carbons (Fsp3) is 0.333. The molecule has 0 saturated carbocycles. The van der Waals surface area contributed by atoms with E-state index in [0.29, 0.717) is 19.4 Å². The van der Waals surface area contributed by atoms with Crippen molar-refractivity contribution < 1.29 is 37.5 Å². The van der Waals surface area contributed by atoms with Gasteiger partial charge in [0.1, 0.15) is 8.85 Å². The molecule has 4 heteroatoms. The Kier molecular flexibility index (Phi) is 2.65. The summed E-state index contributed by atoms with van der Waals surface area (Å²) in [7, 11) is 0. The number of fused-ring (bicyclic) bond motifs is 1. The molecule has 4 nitrogen and oxygen atoms in total. The molecule has 0 amide bonds. The minimum atomic E-state index is -2.71. The van der Waals surface area contributed by atoms with Gasteiger partial charge >= 0.3 is 0 Å². The second kappa shape index (κ2) is 9.54. The molecule has 31 heavy (non-hydrogen) atoms. The molecule has 0 radical (unpaired) electrons. The fourth-order valence-electron chi connectivity index (χ4n) is 3.43. The van der Waals surface area contributed by atoms with Gasteiger partial charge in [-0.15, -0.1) is 0 Å². The first-order chi connectivity index (χ1) is 22.2. The third-order valence-electron chi connectivity index (χ3n) is 4.87. The predicted octanol–water partition coefficient (Wildman–Crippen LogP) is 5.23. The van der Waals surface area contributed by atoms with Crippen LogP contribution in [0.5, 0.6) is 11.5 Å². The van der Waals surface area contributed by atoms with E-state index in [9.17, 15) is 0 Å². The third-order valence-corrected chi connectivity index (χ3v) is 4.87. The lowest BCUT2D eigenvalue weighted by atomic mass is 10.00. The van der Waals surface area contributed by atoms with Crippen LogP contribution >= 0.6 is 0 Å². The summed E-state index contributed by atoms with van der Waals surface area (Å²) in [5.74, 6) is -0.980. The standard InChI is InChI=1S/C27H29NO3/c1-3-8-22(9-4-1)27(23-10-5-2-6-11-23)31-24-12-7-16-28(19-24)17-15-21-13-14-25-26(18-21)30-20-29-25/h1-6,8-11,13-14,18,24,27H,7,12,15-17,19-20H2/t24-/m1/s1/i1D,2D,3D,4D,5D,6D,8D,9D,10D,11D,13D,14D,15D2,18D,20D2. The van der Waals surface area contributed by atoms with Gasteiger partial charge in [-0.2, -0.15) is 0 Å². The van der Waals surface area contributed by atoms with Crippen LogP contribution in [0.15, 0.2) is 78.6 Å². The topological polar surface area (TPSA) is 30.9 Å². The number of piperidine rings is 1. The van der Waals surface area contributed by atoms with Gasteiger partial charge in [0.15, 0.2) is 11.5 Å². The Morgan fingerprint density at radius 2 is 1.71 bits per heavy atom. The monoisotopic (exact) mass is 432 g/mol. The number of nitrogens with zero attached hydrogens (tertiary/aromatic N) is 1. The summed E-state index contributed by atoms with van der Waals surface area (Å²) in [6.07, 6.45) is -4.36. The highest BCUT2D eigenvalue weighted by molar-refractivity contribution is 5.44. The van der Waals surface area contributed by atoms with Crippen molar-refractivity contribution in [1.29, 1.82) is 0 Å². The molecule has 1 fully saturated rings. The average molecular weight is 433 g/mol. The van der Waals surface area contributed by atoms with Crippen molar-refractivity contribution in [3.05, 3.63) is 95.2 Å². The highest BCUT2D eigenvalue weighted by atomic mass is 16.7. The van der Waals surface area contributed by atoms with Crippen LogP contribution in [-0.2, 0) is 11.1 Å². The van der Waals surface area contributed by atoms with E-state index in [1.807, 2.05) is 0 Å². The first-order valence-electron chi connectivity index (χ1n) is 18.2. The lowest BCUT2D eigenvalue weighted by Gasteiger charge is -2.35. The van der Waals surface area contributed by atoms with Gasteiger partial charge in [-0.3, -0.25) is 0 Å². The van der Waals surface area contributed by atoms with E-state index >= 15 is 0 Å². The fourth-order valence-corrected chi connectivity index (χ4v) is 3.43. The summed E-state index contributed by atoms with van der Waals surface area (Å²) in [4.78, 5) is 1.58. The van der Waals surface area contributed by atoms with Gasteiger partial charge in [0.05, 0.1) is 23.9 Å². The smallest absolute Gasteiger partial charge is 0.231 e. The molecule has 0 bridgehead atoms. The molecular formula is C27H29NO3. The number of hydrogen-bond acceptors (Lipinski definition) is 4. The van der Waals surface area contributed by atoms with Crippen LogP contribution in [0.2, 0.25) is 0 Å². The predicted molar refractivity (Wildman–Crippen MR) is 122 cm³/mol. The van der Waals surface area contributed by atoms with Gasteiger partial charge in [-0.1, -0.05) is 66.5 Å². The summed E-state index contributed by atoms with van der Waals surface area (Å²) in [5, 5.41) is 0. The Balaban J connectivity index is 1.52. The van der Waals surface area contributed by atoms with Crippen molar-refractivity contribution in [1.82, 2.24) is 4.90 Å². The molecule has 0 aliphatic carbocycles. The Labute approximate surface area is 208 Å². The molecule has 1 atom stereocenters. The van der Waals surface area contributed by atoms with Crippen molar-refractivity contribution in [2.75, 3.05) is 26.4 Å². The maximum Gasteiger partial charge on any atom is 0.231 e. The molecule has 0 N–H and O–H groups in total. The van der Waals surface area contributed by atoms with Gasteiger partial charge < -0.3 is 19.1 Å². The third kappa shape index (κ3) is 4.92. The Hall–Kier alpha value is -2.82. The molecule has 3 aromatic rings. The highest BCUT2D eigenvalue weighted by Crippen LogP contribution is 2.33. The molecule has 0 aromatic heterocycles. The first kappa shape index (κ1) is 8.61. The molecule has 3 aromatic carbocycles. The van der Waals surface area contributed by atoms with Gasteiger partial charge in [-0.05, 0) is 54.5 Å². The van der Waals surface area contributed by atoms with Crippen LogP contribution in [-0.4, -0.2) is 37.4 Å². The van der Waals surface area contributed by atoms with Crippen LogP contribution in [0.4, 0.5) is 0 Å². The maximum absolute atomic E-state index is 8.82. The first-order valence-corrected chi connectivity index (χ1v) is 9.73.